The molecule has 0 aromatic heterocycles. The molecule has 1 saturated heterocycles. The van der Waals surface area contributed by atoms with Crippen molar-refractivity contribution in [1.29, 1.82) is 0 Å². The van der Waals surface area contributed by atoms with Crippen LogP contribution in [0.2, 0.25) is 0 Å². The van der Waals surface area contributed by atoms with Crippen LogP contribution in [0.5, 0.6) is 5.75 Å². The van der Waals surface area contributed by atoms with Crippen molar-refractivity contribution in [3.05, 3.63) is 64.2 Å². The number of benzene rings is 2. The minimum atomic E-state index is -4.40. The zero-order valence-electron chi connectivity index (χ0n) is 18.5. The standard InChI is InChI=1S/C24H30F3N3O2/c1-17-18(2)22(32-15-3-10-28)9-6-20(17)16-29-11-13-30(14-12-29)23(31)19-4-7-21(8-5-19)24(25,26)27/h4-9H,3,10-16,28H2,1-2H3. The van der Waals surface area contributed by atoms with Gasteiger partial charge >= 0.3 is 6.18 Å². The van der Waals surface area contributed by atoms with Crippen molar-refractivity contribution in [2.75, 3.05) is 39.3 Å². The number of hydrogen-bond donors (Lipinski definition) is 1. The van der Waals surface area contributed by atoms with Crippen LogP contribution < -0.4 is 10.5 Å². The van der Waals surface area contributed by atoms with Gasteiger partial charge in [0.1, 0.15) is 5.75 Å². The number of hydrogen-bond acceptors (Lipinski definition) is 4. The van der Waals surface area contributed by atoms with Gasteiger partial charge in [0.2, 0.25) is 0 Å². The monoisotopic (exact) mass is 449 g/mol. The fourth-order valence-electron chi connectivity index (χ4n) is 3.78. The lowest BCUT2D eigenvalue weighted by Gasteiger charge is -2.35. The summed E-state index contributed by atoms with van der Waals surface area (Å²) in [5, 5.41) is 0. The Hall–Kier alpha value is -2.58. The summed E-state index contributed by atoms with van der Waals surface area (Å²) >= 11 is 0. The molecule has 0 aliphatic carbocycles. The molecule has 3 rings (SSSR count). The van der Waals surface area contributed by atoms with E-state index in [9.17, 15) is 18.0 Å². The molecule has 5 nitrogen and oxygen atoms in total. The van der Waals surface area contributed by atoms with Crippen LogP contribution in [0.1, 0.15) is 39.0 Å². The molecule has 0 saturated carbocycles. The number of carbonyl (C=O) groups is 1. The number of rotatable bonds is 7. The van der Waals surface area contributed by atoms with E-state index in [2.05, 4.69) is 24.8 Å². The maximum Gasteiger partial charge on any atom is 0.416 e. The van der Waals surface area contributed by atoms with Gasteiger partial charge in [0.05, 0.1) is 12.2 Å². The average Bonchev–Trinajstić information content (AvgIpc) is 2.78. The molecule has 2 aromatic carbocycles. The van der Waals surface area contributed by atoms with E-state index in [0.717, 1.165) is 36.4 Å². The van der Waals surface area contributed by atoms with Crippen molar-refractivity contribution in [2.24, 2.45) is 5.73 Å². The minimum absolute atomic E-state index is 0.232. The highest BCUT2D eigenvalue weighted by atomic mass is 19.4. The molecular formula is C24H30F3N3O2. The van der Waals surface area contributed by atoms with Crippen LogP contribution in [0.15, 0.2) is 36.4 Å². The third-order valence-corrected chi connectivity index (χ3v) is 5.97. The number of nitrogens with zero attached hydrogens (tertiary/aromatic N) is 2. The van der Waals surface area contributed by atoms with E-state index in [0.29, 0.717) is 39.3 Å². The highest BCUT2D eigenvalue weighted by Gasteiger charge is 2.30. The van der Waals surface area contributed by atoms with Crippen LogP contribution >= 0.6 is 0 Å². The van der Waals surface area contributed by atoms with Gasteiger partial charge < -0.3 is 15.4 Å². The fraction of sp³-hybridized carbons (Fsp3) is 0.458. The quantitative estimate of drug-likeness (QED) is 0.649. The molecule has 1 fully saturated rings. The van der Waals surface area contributed by atoms with Crippen molar-refractivity contribution in [3.63, 3.8) is 0 Å². The SMILES string of the molecule is Cc1c(CN2CCN(C(=O)c3ccc(C(F)(F)F)cc3)CC2)ccc(OCCCN)c1C. The number of ether oxygens (including phenoxy) is 1. The highest BCUT2D eigenvalue weighted by Crippen LogP contribution is 2.29. The third kappa shape index (κ3) is 5.81. The third-order valence-electron chi connectivity index (χ3n) is 5.97. The molecule has 1 aliphatic heterocycles. The van der Waals surface area contributed by atoms with Crippen molar-refractivity contribution in [3.8, 4) is 5.75 Å². The molecule has 174 valence electrons. The smallest absolute Gasteiger partial charge is 0.416 e. The summed E-state index contributed by atoms with van der Waals surface area (Å²) in [6, 6.07) is 8.50. The predicted octanol–water partition coefficient (Wildman–Crippen LogP) is 4.01. The van der Waals surface area contributed by atoms with Gasteiger partial charge in [-0.25, -0.2) is 0 Å². The Kier molecular flexibility index (Phi) is 7.79. The molecule has 0 bridgehead atoms. The summed E-state index contributed by atoms with van der Waals surface area (Å²) in [6.45, 7) is 8.62. The predicted molar refractivity (Wildman–Crippen MR) is 118 cm³/mol. The first-order chi connectivity index (χ1) is 15.2. The lowest BCUT2D eigenvalue weighted by molar-refractivity contribution is -0.137. The first kappa shape index (κ1) is 24.1. The Morgan fingerprint density at radius 3 is 2.25 bits per heavy atom. The summed E-state index contributed by atoms with van der Waals surface area (Å²) in [6.07, 6.45) is -3.59. The van der Waals surface area contributed by atoms with E-state index < -0.39 is 11.7 Å². The van der Waals surface area contributed by atoms with Crippen molar-refractivity contribution in [1.82, 2.24) is 9.80 Å². The summed E-state index contributed by atoms with van der Waals surface area (Å²) < 4.78 is 44.0. The molecule has 2 aromatic rings. The Morgan fingerprint density at radius 1 is 1.00 bits per heavy atom. The van der Waals surface area contributed by atoms with Crippen LogP contribution in [0.25, 0.3) is 0 Å². The van der Waals surface area contributed by atoms with Crippen molar-refractivity contribution >= 4 is 5.91 Å². The van der Waals surface area contributed by atoms with E-state index in [1.54, 1.807) is 4.90 Å². The second-order valence-electron chi connectivity index (χ2n) is 8.11. The van der Waals surface area contributed by atoms with E-state index in [1.807, 2.05) is 6.07 Å². The Morgan fingerprint density at radius 2 is 1.66 bits per heavy atom. The Balaban J connectivity index is 1.55. The van der Waals surface area contributed by atoms with Crippen LogP contribution in [-0.2, 0) is 12.7 Å². The zero-order valence-corrected chi connectivity index (χ0v) is 18.5. The van der Waals surface area contributed by atoms with E-state index in [-0.39, 0.29) is 11.5 Å². The zero-order chi connectivity index (χ0) is 23.3. The number of amides is 1. The van der Waals surface area contributed by atoms with Gasteiger partial charge in [-0.1, -0.05) is 6.07 Å². The number of halogens is 3. The Labute approximate surface area is 186 Å². The lowest BCUT2D eigenvalue weighted by Crippen LogP contribution is -2.48. The first-order valence-electron chi connectivity index (χ1n) is 10.8. The molecule has 32 heavy (non-hydrogen) atoms. The fourth-order valence-corrected chi connectivity index (χ4v) is 3.78. The molecule has 0 atom stereocenters. The molecule has 1 aliphatic rings. The minimum Gasteiger partial charge on any atom is -0.493 e. The first-order valence-corrected chi connectivity index (χ1v) is 10.8. The molecule has 0 unspecified atom stereocenters. The topological polar surface area (TPSA) is 58.8 Å². The average molecular weight is 450 g/mol. The molecule has 8 heteroatoms. The largest absolute Gasteiger partial charge is 0.493 e. The second kappa shape index (κ2) is 10.4. The normalized spacial score (nSPS) is 15.1. The number of carbonyl (C=O) groups excluding carboxylic acids is 1. The molecule has 2 N–H and O–H groups in total. The van der Waals surface area contributed by atoms with Crippen molar-refractivity contribution in [2.45, 2.75) is 33.0 Å². The maximum atomic E-state index is 12.7. The summed E-state index contributed by atoms with van der Waals surface area (Å²) in [7, 11) is 0. The van der Waals surface area contributed by atoms with E-state index in [4.69, 9.17) is 10.5 Å². The number of piperazine rings is 1. The molecule has 1 amide bonds. The molecule has 0 spiro atoms. The Bertz CT molecular complexity index is 921. The van der Waals surface area contributed by atoms with Gasteiger partial charge in [0, 0.05) is 38.3 Å². The van der Waals surface area contributed by atoms with Crippen LogP contribution in [0.3, 0.4) is 0 Å². The van der Waals surface area contributed by atoms with E-state index >= 15 is 0 Å². The summed E-state index contributed by atoms with van der Waals surface area (Å²) in [5.74, 6) is 0.649. The van der Waals surface area contributed by atoms with Gasteiger partial charge in [0.25, 0.3) is 5.91 Å². The number of alkyl halides is 3. The maximum absolute atomic E-state index is 12.7. The van der Waals surface area contributed by atoms with Gasteiger partial charge in [-0.15, -0.1) is 0 Å². The molecular weight excluding hydrogens is 419 g/mol. The van der Waals surface area contributed by atoms with E-state index in [1.165, 1.54) is 23.3 Å². The van der Waals surface area contributed by atoms with Crippen molar-refractivity contribution < 1.29 is 22.7 Å². The second-order valence-corrected chi connectivity index (χ2v) is 8.11. The van der Waals surface area contributed by atoms with Gasteiger partial charge in [-0.05, 0) is 73.8 Å². The number of nitrogens with two attached hydrogens (primary N) is 1. The van der Waals surface area contributed by atoms with Crippen LogP contribution in [-0.4, -0.2) is 55.0 Å². The molecule has 1 heterocycles. The summed E-state index contributed by atoms with van der Waals surface area (Å²) in [4.78, 5) is 16.7. The van der Waals surface area contributed by atoms with Gasteiger partial charge in [-0.2, -0.15) is 13.2 Å². The lowest BCUT2D eigenvalue weighted by atomic mass is 10.0. The molecule has 0 radical (unpaired) electrons. The summed E-state index contributed by atoms with van der Waals surface area (Å²) in [5.41, 5.74) is 8.58. The highest BCUT2D eigenvalue weighted by molar-refractivity contribution is 5.94. The van der Waals surface area contributed by atoms with Crippen LogP contribution in [0.4, 0.5) is 13.2 Å². The van der Waals surface area contributed by atoms with Gasteiger partial charge in [0.15, 0.2) is 0 Å². The van der Waals surface area contributed by atoms with Crippen LogP contribution in [0, 0.1) is 13.8 Å². The van der Waals surface area contributed by atoms with Gasteiger partial charge in [-0.3, -0.25) is 9.69 Å².